The highest BCUT2D eigenvalue weighted by molar-refractivity contribution is 6.17. The zero-order chi connectivity index (χ0) is 24.4. The van der Waals surface area contributed by atoms with E-state index in [-0.39, 0.29) is 22.3 Å². The van der Waals surface area contributed by atoms with E-state index < -0.39 is 5.97 Å². The minimum absolute atomic E-state index is 0.0144. The fourth-order valence-electron chi connectivity index (χ4n) is 5.35. The minimum Gasteiger partial charge on any atom is -0.478 e. The van der Waals surface area contributed by atoms with E-state index in [2.05, 4.69) is 44.7 Å². The van der Waals surface area contributed by atoms with Crippen LogP contribution in [-0.2, 0) is 10.8 Å². The predicted molar refractivity (Wildman–Crippen MR) is 136 cm³/mol. The largest absolute Gasteiger partial charge is 0.478 e. The van der Waals surface area contributed by atoms with Crippen LogP contribution in [0.1, 0.15) is 72.4 Å². The molecule has 34 heavy (non-hydrogen) atoms. The van der Waals surface area contributed by atoms with Gasteiger partial charge in [-0.25, -0.2) is 4.79 Å². The number of benzene rings is 3. The molecular weight excluding hydrogens is 424 g/mol. The molecule has 1 N–H and O–H groups in total. The van der Waals surface area contributed by atoms with Crippen molar-refractivity contribution >= 4 is 34.6 Å². The monoisotopic (exact) mass is 454 g/mol. The summed E-state index contributed by atoms with van der Waals surface area (Å²) in [5.74, 6) is -1.12. The number of rotatable bonds is 2. The maximum Gasteiger partial charge on any atom is 0.335 e. The van der Waals surface area contributed by atoms with Gasteiger partial charge in [-0.05, 0) is 83.3 Å². The number of fused-ring (bicyclic) bond motifs is 3. The molecule has 0 saturated heterocycles. The third-order valence-corrected chi connectivity index (χ3v) is 7.62. The summed E-state index contributed by atoms with van der Waals surface area (Å²) in [6.07, 6.45) is 2.18. The van der Waals surface area contributed by atoms with Crippen LogP contribution in [0.25, 0.3) is 0 Å². The molecule has 0 saturated carbocycles. The highest BCUT2D eigenvalue weighted by atomic mass is 16.4. The lowest BCUT2D eigenvalue weighted by Crippen LogP contribution is -2.35. The highest BCUT2D eigenvalue weighted by Gasteiger charge is 2.40. The van der Waals surface area contributed by atoms with Gasteiger partial charge in [-0.2, -0.15) is 0 Å². The van der Waals surface area contributed by atoms with E-state index in [1.54, 1.807) is 29.2 Å². The third-order valence-electron chi connectivity index (χ3n) is 7.62. The van der Waals surface area contributed by atoms with Crippen LogP contribution in [0.2, 0.25) is 0 Å². The van der Waals surface area contributed by atoms with Crippen LogP contribution in [0.5, 0.6) is 0 Å². The van der Waals surface area contributed by atoms with Gasteiger partial charge in [0.15, 0.2) is 0 Å². The topological polar surface area (TPSA) is 60.9 Å². The van der Waals surface area contributed by atoms with Crippen molar-refractivity contribution in [1.29, 1.82) is 0 Å². The van der Waals surface area contributed by atoms with Crippen molar-refractivity contribution in [2.45, 2.75) is 51.4 Å². The van der Waals surface area contributed by atoms with E-state index in [9.17, 15) is 14.7 Å². The molecule has 0 unspecified atom stereocenters. The molecule has 1 aliphatic carbocycles. The third kappa shape index (κ3) is 3.30. The maximum absolute atomic E-state index is 14.0. The van der Waals surface area contributed by atoms with Crippen molar-refractivity contribution in [3.05, 3.63) is 82.9 Å². The first-order chi connectivity index (χ1) is 16.0. The van der Waals surface area contributed by atoms with Crippen LogP contribution in [0.3, 0.4) is 0 Å². The first kappa shape index (κ1) is 22.2. The number of para-hydroxylation sites is 1. The van der Waals surface area contributed by atoms with Crippen LogP contribution < -0.4 is 9.80 Å². The molecule has 0 bridgehead atoms. The molecule has 3 aromatic carbocycles. The maximum atomic E-state index is 14.0. The molecule has 0 aromatic heterocycles. The predicted octanol–water partition coefficient (Wildman–Crippen LogP) is 6.79. The Balaban J connectivity index is 1.82. The standard InChI is InChI=1S/C29H30N2O3/c1-28(2)14-15-29(3,4)22-17-25-24(16-21(22)28)30(5)23-9-7-6-8-20(23)26(32)31(25)19-12-10-18(11-13-19)27(33)34/h6-13,16-17H,14-15H2,1-5H3,(H,33,34). The van der Waals surface area contributed by atoms with Gasteiger partial charge >= 0.3 is 5.97 Å². The van der Waals surface area contributed by atoms with Crippen LogP contribution in [0, 0.1) is 0 Å². The molecule has 5 nitrogen and oxygen atoms in total. The number of hydrogen-bond donors (Lipinski definition) is 1. The fraction of sp³-hybridized carbons (Fsp3) is 0.310. The molecule has 1 aliphatic heterocycles. The van der Waals surface area contributed by atoms with Crippen molar-refractivity contribution in [3.63, 3.8) is 0 Å². The van der Waals surface area contributed by atoms with Crippen LogP contribution in [0.15, 0.2) is 60.7 Å². The SMILES string of the molecule is CN1c2ccccc2C(=O)N(c2ccc(C(=O)O)cc2)c2cc3c(cc21)C(C)(C)CCC3(C)C. The van der Waals surface area contributed by atoms with Gasteiger partial charge in [-0.3, -0.25) is 9.69 Å². The van der Waals surface area contributed by atoms with Crippen LogP contribution >= 0.6 is 0 Å². The lowest BCUT2D eigenvalue weighted by Gasteiger charge is -2.43. The van der Waals surface area contributed by atoms with Crippen LogP contribution in [-0.4, -0.2) is 24.0 Å². The van der Waals surface area contributed by atoms with Gasteiger partial charge < -0.3 is 10.0 Å². The Morgan fingerprint density at radius 2 is 1.38 bits per heavy atom. The smallest absolute Gasteiger partial charge is 0.335 e. The van der Waals surface area contributed by atoms with Gasteiger partial charge in [-0.1, -0.05) is 39.8 Å². The van der Waals surface area contributed by atoms with E-state index in [0.29, 0.717) is 11.3 Å². The number of nitrogens with zero attached hydrogens (tertiary/aromatic N) is 2. The molecule has 0 spiro atoms. The van der Waals surface area contributed by atoms with Crippen molar-refractivity contribution in [2.24, 2.45) is 0 Å². The van der Waals surface area contributed by atoms with E-state index in [4.69, 9.17) is 0 Å². The lowest BCUT2D eigenvalue weighted by molar-refractivity contribution is 0.0696. The molecular formula is C29H30N2O3. The molecule has 0 radical (unpaired) electrons. The lowest BCUT2D eigenvalue weighted by atomic mass is 9.63. The zero-order valence-corrected chi connectivity index (χ0v) is 20.3. The Hall–Kier alpha value is -3.60. The second kappa shape index (κ2) is 7.45. The summed E-state index contributed by atoms with van der Waals surface area (Å²) in [6.45, 7) is 9.14. The summed E-state index contributed by atoms with van der Waals surface area (Å²) in [4.78, 5) is 29.3. The Morgan fingerprint density at radius 3 is 1.97 bits per heavy atom. The van der Waals surface area contributed by atoms with Gasteiger partial charge in [0, 0.05) is 12.7 Å². The number of amides is 1. The molecule has 1 amide bonds. The average molecular weight is 455 g/mol. The van der Waals surface area contributed by atoms with E-state index >= 15 is 0 Å². The summed E-state index contributed by atoms with van der Waals surface area (Å²) >= 11 is 0. The summed E-state index contributed by atoms with van der Waals surface area (Å²) < 4.78 is 0. The summed E-state index contributed by atoms with van der Waals surface area (Å²) in [7, 11) is 2.01. The Kier molecular flexibility index (Phi) is 4.87. The molecule has 5 heteroatoms. The van der Waals surface area contributed by atoms with E-state index in [0.717, 1.165) is 29.9 Å². The van der Waals surface area contributed by atoms with Crippen molar-refractivity contribution in [2.75, 3.05) is 16.8 Å². The van der Waals surface area contributed by atoms with E-state index in [1.807, 2.05) is 31.3 Å². The van der Waals surface area contributed by atoms with Gasteiger partial charge in [0.2, 0.25) is 0 Å². The van der Waals surface area contributed by atoms with Crippen molar-refractivity contribution in [1.82, 2.24) is 0 Å². The van der Waals surface area contributed by atoms with Crippen LogP contribution in [0.4, 0.5) is 22.7 Å². The number of carboxylic acids is 1. The minimum atomic E-state index is -0.989. The number of carbonyl (C=O) groups is 2. The number of carboxylic acid groups (broad SMARTS) is 1. The second-order valence-electron chi connectivity index (χ2n) is 10.7. The molecule has 0 atom stereocenters. The second-order valence-corrected chi connectivity index (χ2v) is 10.7. The first-order valence-corrected chi connectivity index (χ1v) is 11.7. The van der Waals surface area contributed by atoms with Gasteiger partial charge in [0.25, 0.3) is 5.91 Å². The summed E-state index contributed by atoms with van der Waals surface area (Å²) in [5.41, 5.74) is 6.69. The van der Waals surface area contributed by atoms with Gasteiger partial charge in [0.1, 0.15) is 0 Å². The Bertz CT molecular complexity index is 1320. The summed E-state index contributed by atoms with van der Waals surface area (Å²) in [5, 5.41) is 9.36. The molecule has 2 aliphatic rings. The number of aromatic carboxylic acids is 1. The van der Waals surface area contributed by atoms with Gasteiger partial charge in [-0.15, -0.1) is 0 Å². The summed E-state index contributed by atoms with van der Waals surface area (Å²) in [6, 6.07) is 18.6. The molecule has 1 heterocycles. The Morgan fingerprint density at radius 1 is 0.824 bits per heavy atom. The van der Waals surface area contributed by atoms with E-state index in [1.165, 1.54) is 11.1 Å². The molecule has 174 valence electrons. The van der Waals surface area contributed by atoms with Gasteiger partial charge in [0.05, 0.1) is 28.2 Å². The molecule has 5 rings (SSSR count). The molecule has 3 aromatic rings. The average Bonchev–Trinajstić information content (AvgIpc) is 2.90. The zero-order valence-electron chi connectivity index (χ0n) is 20.3. The van der Waals surface area contributed by atoms with Crippen molar-refractivity contribution in [3.8, 4) is 0 Å². The first-order valence-electron chi connectivity index (χ1n) is 11.7. The number of carbonyl (C=O) groups excluding carboxylic acids is 1. The number of hydrogen-bond acceptors (Lipinski definition) is 3. The fourth-order valence-corrected chi connectivity index (χ4v) is 5.35. The Labute approximate surface area is 200 Å². The highest BCUT2D eigenvalue weighted by Crippen LogP contribution is 2.52. The number of anilines is 4. The normalized spacial score (nSPS) is 18.0. The quantitative estimate of drug-likeness (QED) is 0.463. The van der Waals surface area contributed by atoms with Crippen molar-refractivity contribution < 1.29 is 14.7 Å². The molecule has 0 fully saturated rings.